The third-order valence-corrected chi connectivity index (χ3v) is 4.80. The van der Waals surface area contributed by atoms with Crippen molar-refractivity contribution < 1.29 is 4.79 Å². The highest BCUT2D eigenvalue weighted by atomic mass is 16.2. The lowest BCUT2D eigenvalue weighted by Crippen LogP contribution is -2.34. The summed E-state index contributed by atoms with van der Waals surface area (Å²) in [7, 11) is 0. The molecule has 1 amide bonds. The van der Waals surface area contributed by atoms with Crippen molar-refractivity contribution in [3.05, 3.63) is 64.5 Å². The van der Waals surface area contributed by atoms with Gasteiger partial charge in [0.1, 0.15) is 18.2 Å². The molecule has 3 N–H and O–H groups in total. The number of hydrogen-bond acceptors (Lipinski definition) is 8. The lowest BCUT2D eigenvalue weighted by atomic mass is 10.3. The normalized spacial score (nSPS) is 12.9. The summed E-state index contributed by atoms with van der Waals surface area (Å²) in [5.41, 5.74) is 1.71. The molecule has 0 unspecified atom stereocenters. The highest BCUT2D eigenvalue weighted by Gasteiger charge is 2.25. The zero-order chi connectivity index (χ0) is 21.6. The minimum absolute atomic E-state index is 0.0516. The molecule has 160 valence electrons. The van der Waals surface area contributed by atoms with E-state index in [-0.39, 0.29) is 18.0 Å². The Labute approximate surface area is 179 Å². The van der Waals surface area contributed by atoms with E-state index in [2.05, 4.69) is 36.1 Å². The predicted molar refractivity (Wildman–Crippen MR) is 116 cm³/mol. The average Bonchev–Trinajstić information content (AvgIpc) is 3.61. The van der Waals surface area contributed by atoms with Gasteiger partial charge in [-0.25, -0.2) is 9.97 Å². The van der Waals surface area contributed by atoms with Gasteiger partial charge in [0.2, 0.25) is 5.91 Å². The van der Waals surface area contributed by atoms with Crippen LogP contribution in [0.3, 0.4) is 0 Å². The molecule has 0 radical (unpaired) electrons. The van der Waals surface area contributed by atoms with E-state index in [1.54, 1.807) is 18.3 Å². The molecule has 0 spiro atoms. The molecule has 1 aliphatic carbocycles. The Morgan fingerprint density at radius 1 is 1.06 bits per heavy atom. The van der Waals surface area contributed by atoms with E-state index in [1.165, 1.54) is 17.0 Å². The summed E-state index contributed by atoms with van der Waals surface area (Å²) in [6, 6.07) is 8.94. The van der Waals surface area contributed by atoms with E-state index in [1.807, 2.05) is 19.1 Å². The highest BCUT2D eigenvalue weighted by Crippen LogP contribution is 2.38. The highest BCUT2D eigenvalue weighted by molar-refractivity contribution is 5.75. The molecule has 10 heteroatoms. The fourth-order valence-electron chi connectivity index (χ4n) is 2.93. The Balaban J connectivity index is 1.18. The number of nitrogens with one attached hydrogen (secondary N) is 3. The molecule has 0 aromatic carbocycles. The molecule has 31 heavy (non-hydrogen) atoms. The average molecular weight is 420 g/mol. The standard InChI is InChI=1S/C21H24N8O2/c1-14-2-5-17(24-11-14)26-19-7-6-18(27-28-19)22-8-9-23-20(30)12-29-13-25-16(10-21(29)31)15-3-4-15/h2,5-7,10-11,13,15H,3-4,8-9,12H2,1H3,(H,22,27)(H,23,30)(H,24,26,28). The first-order chi connectivity index (χ1) is 15.1. The smallest absolute Gasteiger partial charge is 0.254 e. The van der Waals surface area contributed by atoms with Crippen LogP contribution in [0.5, 0.6) is 0 Å². The minimum Gasteiger partial charge on any atom is -0.367 e. The van der Waals surface area contributed by atoms with Crippen molar-refractivity contribution in [2.75, 3.05) is 23.7 Å². The van der Waals surface area contributed by atoms with Crippen molar-refractivity contribution in [2.24, 2.45) is 0 Å². The zero-order valence-corrected chi connectivity index (χ0v) is 17.2. The lowest BCUT2D eigenvalue weighted by molar-refractivity contribution is -0.121. The van der Waals surface area contributed by atoms with Crippen LogP contribution in [-0.4, -0.2) is 43.7 Å². The Bertz CT molecular complexity index is 1090. The van der Waals surface area contributed by atoms with Gasteiger partial charge in [-0.05, 0) is 43.5 Å². The summed E-state index contributed by atoms with van der Waals surface area (Å²) < 4.78 is 1.31. The number of pyridine rings is 1. The molecule has 1 aliphatic rings. The number of aryl methyl sites for hydroxylation is 1. The molecule has 3 aromatic heterocycles. The molecule has 0 saturated heterocycles. The molecule has 3 heterocycles. The molecule has 0 aliphatic heterocycles. The van der Waals surface area contributed by atoms with Crippen molar-refractivity contribution >= 4 is 23.4 Å². The molecular formula is C21H24N8O2. The van der Waals surface area contributed by atoms with E-state index in [4.69, 9.17) is 0 Å². The van der Waals surface area contributed by atoms with Crippen LogP contribution < -0.4 is 21.5 Å². The van der Waals surface area contributed by atoms with E-state index < -0.39 is 0 Å². The van der Waals surface area contributed by atoms with Gasteiger partial charge in [0.25, 0.3) is 5.56 Å². The van der Waals surface area contributed by atoms with Crippen LogP contribution in [-0.2, 0) is 11.3 Å². The van der Waals surface area contributed by atoms with Crippen molar-refractivity contribution in [3.63, 3.8) is 0 Å². The first-order valence-electron chi connectivity index (χ1n) is 10.2. The first kappa shape index (κ1) is 20.5. The van der Waals surface area contributed by atoms with Gasteiger partial charge >= 0.3 is 0 Å². The summed E-state index contributed by atoms with van der Waals surface area (Å²) in [6.07, 6.45) is 5.39. The van der Waals surface area contributed by atoms with Crippen molar-refractivity contribution in [3.8, 4) is 0 Å². The van der Waals surface area contributed by atoms with Gasteiger partial charge in [0.15, 0.2) is 5.82 Å². The maximum atomic E-state index is 12.1. The summed E-state index contributed by atoms with van der Waals surface area (Å²) in [5, 5.41) is 17.1. The van der Waals surface area contributed by atoms with Gasteiger partial charge < -0.3 is 16.0 Å². The first-order valence-corrected chi connectivity index (χ1v) is 10.2. The Kier molecular flexibility index (Phi) is 6.16. The number of carbonyl (C=O) groups excluding carboxylic acids is 1. The van der Waals surface area contributed by atoms with Gasteiger partial charge in [0, 0.05) is 31.3 Å². The van der Waals surface area contributed by atoms with Gasteiger partial charge in [-0.2, -0.15) is 0 Å². The second-order valence-corrected chi connectivity index (χ2v) is 7.48. The summed E-state index contributed by atoms with van der Waals surface area (Å²) in [4.78, 5) is 32.7. The fourth-order valence-corrected chi connectivity index (χ4v) is 2.93. The second-order valence-electron chi connectivity index (χ2n) is 7.48. The summed E-state index contributed by atoms with van der Waals surface area (Å²) in [5.74, 6) is 2.03. The van der Waals surface area contributed by atoms with Crippen LogP contribution >= 0.6 is 0 Å². The SMILES string of the molecule is Cc1ccc(Nc2ccc(NCCNC(=O)Cn3cnc(C4CC4)cc3=O)nn2)nc1. The predicted octanol–water partition coefficient (Wildman–Crippen LogP) is 1.59. The monoisotopic (exact) mass is 420 g/mol. The van der Waals surface area contributed by atoms with E-state index in [0.717, 1.165) is 24.1 Å². The van der Waals surface area contributed by atoms with Crippen molar-refractivity contribution in [1.82, 2.24) is 30.0 Å². The third kappa shape index (κ3) is 5.84. The van der Waals surface area contributed by atoms with Crippen LogP contribution in [0.15, 0.2) is 47.7 Å². The van der Waals surface area contributed by atoms with Crippen LogP contribution in [0.25, 0.3) is 0 Å². The van der Waals surface area contributed by atoms with Gasteiger partial charge in [-0.15, -0.1) is 10.2 Å². The number of nitrogens with zero attached hydrogens (tertiary/aromatic N) is 5. The largest absolute Gasteiger partial charge is 0.367 e. The molecule has 3 aromatic rings. The lowest BCUT2D eigenvalue weighted by Gasteiger charge is -2.09. The molecular weight excluding hydrogens is 396 g/mol. The maximum absolute atomic E-state index is 12.1. The number of rotatable bonds is 9. The van der Waals surface area contributed by atoms with Gasteiger partial charge in [-0.1, -0.05) is 6.07 Å². The van der Waals surface area contributed by atoms with Crippen molar-refractivity contribution in [2.45, 2.75) is 32.2 Å². The van der Waals surface area contributed by atoms with E-state index in [0.29, 0.717) is 36.5 Å². The molecule has 1 fully saturated rings. The van der Waals surface area contributed by atoms with E-state index in [9.17, 15) is 9.59 Å². The van der Waals surface area contributed by atoms with Crippen molar-refractivity contribution in [1.29, 1.82) is 0 Å². The quantitative estimate of drug-likeness (QED) is 0.446. The number of aromatic nitrogens is 5. The van der Waals surface area contributed by atoms with Crippen LogP contribution in [0.2, 0.25) is 0 Å². The molecule has 1 saturated carbocycles. The van der Waals surface area contributed by atoms with Crippen LogP contribution in [0, 0.1) is 6.92 Å². The molecule has 4 rings (SSSR count). The number of hydrogen-bond donors (Lipinski definition) is 3. The molecule has 10 nitrogen and oxygen atoms in total. The second kappa shape index (κ2) is 9.33. The number of anilines is 3. The summed E-state index contributed by atoms with van der Waals surface area (Å²) in [6.45, 7) is 2.78. The van der Waals surface area contributed by atoms with Gasteiger partial charge in [0.05, 0.1) is 12.0 Å². The Hall–Kier alpha value is -3.82. The number of carbonyl (C=O) groups is 1. The number of amides is 1. The minimum atomic E-state index is -0.249. The molecule has 0 bridgehead atoms. The summed E-state index contributed by atoms with van der Waals surface area (Å²) >= 11 is 0. The van der Waals surface area contributed by atoms with Crippen LogP contribution in [0.1, 0.15) is 30.0 Å². The Morgan fingerprint density at radius 3 is 2.52 bits per heavy atom. The third-order valence-electron chi connectivity index (χ3n) is 4.80. The fraction of sp³-hybridized carbons (Fsp3) is 0.333. The molecule has 0 atom stereocenters. The van der Waals surface area contributed by atoms with Gasteiger partial charge in [-0.3, -0.25) is 14.2 Å². The maximum Gasteiger partial charge on any atom is 0.254 e. The van der Waals surface area contributed by atoms with Crippen LogP contribution in [0.4, 0.5) is 17.5 Å². The zero-order valence-electron chi connectivity index (χ0n) is 17.2. The van der Waals surface area contributed by atoms with E-state index >= 15 is 0 Å². The topological polar surface area (TPSA) is 127 Å². The Morgan fingerprint density at radius 2 is 1.84 bits per heavy atom.